The molecule has 0 aliphatic carbocycles. The van der Waals surface area contributed by atoms with E-state index in [-0.39, 0.29) is 0 Å². The normalized spacial score (nSPS) is 17.0. The molecule has 0 radical (unpaired) electrons. The van der Waals surface area contributed by atoms with Crippen LogP contribution < -0.4 is 0 Å². The minimum atomic E-state index is 0.413. The van der Waals surface area contributed by atoms with Crippen molar-refractivity contribution in [1.29, 1.82) is 0 Å². The third-order valence-electron chi connectivity index (χ3n) is 4.82. The summed E-state index contributed by atoms with van der Waals surface area (Å²) in [5.41, 5.74) is 7.37. The van der Waals surface area contributed by atoms with Crippen LogP contribution in [-0.4, -0.2) is 16.4 Å². The fourth-order valence-corrected chi connectivity index (χ4v) is 4.50. The maximum Gasteiger partial charge on any atom is 0.0815 e. The van der Waals surface area contributed by atoms with Crippen molar-refractivity contribution in [3.8, 4) is 0 Å². The Labute approximate surface area is 149 Å². The summed E-state index contributed by atoms with van der Waals surface area (Å²) < 4.78 is 2.46. The Morgan fingerprint density at radius 2 is 2.09 bits per heavy atom. The minimum absolute atomic E-state index is 0.413. The molecule has 2 nitrogen and oxygen atoms in total. The fourth-order valence-electron chi connectivity index (χ4n) is 3.43. The number of halogens is 1. The lowest BCUT2D eigenvalue weighted by atomic mass is 10.0. The lowest BCUT2D eigenvalue weighted by Gasteiger charge is -2.28. The molecule has 0 bridgehead atoms. The van der Waals surface area contributed by atoms with Gasteiger partial charge in [0.05, 0.1) is 15.7 Å². The van der Waals surface area contributed by atoms with E-state index in [1.807, 2.05) is 5.51 Å². The second-order valence-corrected chi connectivity index (χ2v) is 8.04. The molecule has 0 fully saturated rings. The van der Waals surface area contributed by atoms with Crippen LogP contribution in [0.1, 0.15) is 36.1 Å². The van der Waals surface area contributed by atoms with Gasteiger partial charge in [-0.1, -0.05) is 28.1 Å². The zero-order valence-corrected chi connectivity index (χ0v) is 15.5. The van der Waals surface area contributed by atoms with Crippen LogP contribution in [0.2, 0.25) is 0 Å². The predicted molar refractivity (Wildman–Crippen MR) is 101 cm³/mol. The van der Waals surface area contributed by atoms with Gasteiger partial charge < -0.3 is 0 Å². The number of thiazole rings is 1. The molecule has 23 heavy (non-hydrogen) atoms. The Morgan fingerprint density at radius 1 is 1.17 bits per heavy atom. The van der Waals surface area contributed by atoms with E-state index in [0.29, 0.717) is 6.04 Å². The fraction of sp³-hybridized carbons (Fsp3) is 0.316. The van der Waals surface area contributed by atoms with Gasteiger partial charge in [0.15, 0.2) is 0 Å². The molecule has 0 N–H and O–H groups in total. The minimum Gasteiger partial charge on any atom is -0.292 e. The van der Waals surface area contributed by atoms with Crippen LogP contribution in [0.15, 0.2) is 46.4 Å². The molecule has 118 valence electrons. The number of aromatic nitrogens is 1. The van der Waals surface area contributed by atoms with Crippen LogP contribution in [0.5, 0.6) is 0 Å². The summed E-state index contributed by atoms with van der Waals surface area (Å²) >= 11 is 5.31. The lowest BCUT2D eigenvalue weighted by molar-refractivity contribution is 0.205. The molecule has 4 heteroatoms. The average molecular weight is 387 g/mol. The maximum atomic E-state index is 4.47. The number of hydrogen-bond donors (Lipinski definition) is 0. The number of fused-ring (bicyclic) bond motifs is 2. The summed E-state index contributed by atoms with van der Waals surface area (Å²) in [6.07, 6.45) is 2.38. The van der Waals surface area contributed by atoms with Crippen LogP contribution in [0.4, 0.5) is 0 Å². The standard InChI is InChI=1S/C19H19BrN2S/c1-13(14-5-7-19-18(10-14)21-12-23-19)22-8-2-3-15-9-17(20)6-4-16(15)11-22/h4-7,9-10,12-13H,2-3,8,11H2,1H3/t13-/m0/s1. The molecule has 0 spiro atoms. The third-order valence-corrected chi connectivity index (χ3v) is 6.12. The molecule has 0 amide bonds. The summed E-state index contributed by atoms with van der Waals surface area (Å²) in [6.45, 7) is 4.48. The molecule has 2 heterocycles. The van der Waals surface area contributed by atoms with Crippen molar-refractivity contribution in [1.82, 2.24) is 9.88 Å². The van der Waals surface area contributed by atoms with Gasteiger partial charge in [-0.15, -0.1) is 11.3 Å². The molecule has 4 rings (SSSR count). The van der Waals surface area contributed by atoms with Gasteiger partial charge in [-0.3, -0.25) is 4.90 Å². The topological polar surface area (TPSA) is 16.1 Å². The van der Waals surface area contributed by atoms with Crippen molar-refractivity contribution < 1.29 is 0 Å². The van der Waals surface area contributed by atoms with Crippen molar-refractivity contribution in [2.45, 2.75) is 32.4 Å². The molecule has 0 saturated carbocycles. The quantitative estimate of drug-likeness (QED) is 0.572. The Morgan fingerprint density at radius 3 is 3.00 bits per heavy atom. The van der Waals surface area contributed by atoms with Gasteiger partial charge >= 0.3 is 0 Å². The first kappa shape index (κ1) is 15.3. The molecule has 1 aliphatic heterocycles. The van der Waals surface area contributed by atoms with E-state index >= 15 is 0 Å². The van der Waals surface area contributed by atoms with Gasteiger partial charge in [0.1, 0.15) is 0 Å². The maximum absolute atomic E-state index is 4.47. The Hall–Kier alpha value is -1.23. The van der Waals surface area contributed by atoms with E-state index in [0.717, 1.165) is 18.6 Å². The van der Waals surface area contributed by atoms with Crippen molar-refractivity contribution in [2.24, 2.45) is 0 Å². The van der Waals surface area contributed by atoms with Gasteiger partial charge in [0.25, 0.3) is 0 Å². The second kappa shape index (κ2) is 6.34. The molecule has 1 aliphatic rings. The summed E-state index contributed by atoms with van der Waals surface area (Å²) in [6, 6.07) is 13.9. The average Bonchev–Trinajstić information content (AvgIpc) is 2.92. The van der Waals surface area contributed by atoms with Crippen LogP contribution in [0.3, 0.4) is 0 Å². The van der Waals surface area contributed by atoms with E-state index in [1.54, 1.807) is 11.3 Å². The van der Waals surface area contributed by atoms with Crippen LogP contribution in [-0.2, 0) is 13.0 Å². The lowest BCUT2D eigenvalue weighted by Crippen LogP contribution is -2.26. The SMILES string of the molecule is C[C@@H](c1ccc2scnc2c1)N1CCCc2cc(Br)ccc2C1. The highest BCUT2D eigenvalue weighted by Gasteiger charge is 2.20. The molecular formula is C19H19BrN2S. The second-order valence-electron chi connectivity index (χ2n) is 6.24. The summed E-state index contributed by atoms with van der Waals surface area (Å²) in [5, 5.41) is 0. The highest BCUT2D eigenvalue weighted by atomic mass is 79.9. The number of aryl methyl sites for hydroxylation is 1. The smallest absolute Gasteiger partial charge is 0.0815 e. The molecule has 2 aromatic carbocycles. The van der Waals surface area contributed by atoms with Crippen LogP contribution in [0, 0.1) is 0 Å². The molecule has 3 aromatic rings. The van der Waals surface area contributed by atoms with Crippen molar-refractivity contribution >= 4 is 37.5 Å². The predicted octanol–water partition coefficient (Wildman–Crippen LogP) is 5.57. The highest BCUT2D eigenvalue weighted by molar-refractivity contribution is 9.10. The first-order valence-electron chi connectivity index (χ1n) is 8.05. The molecule has 1 aromatic heterocycles. The van der Waals surface area contributed by atoms with E-state index in [1.165, 1.54) is 38.7 Å². The summed E-state index contributed by atoms with van der Waals surface area (Å²) in [7, 11) is 0. The van der Waals surface area contributed by atoms with E-state index < -0.39 is 0 Å². The van der Waals surface area contributed by atoms with Gasteiger partial charge in [-0.25, -0.2) is 4.98 Å². The van der Waals surface area contributed by atoms with Gasteiger partial charge in [-0.2, -0.15) is 0 Å². The van der Waals surface area contributed by atoms with Gasteiger partial charge in [-0.05, 0) is 67.3 Å². The summed E-state index contributed by atoms with van der Waals surface area (Å²) in [5.74, 6) is 0. The Balaban J connectivity index is 1.62. The van der Waals surface area contributed by atoms with Gasteiger partial charge in [0, 0.05) is 17.1 Å². The zero-order chi connectivity index (χ0) is 15.8. The first-order valence-corrected chi connectivity index (χ1v) is 9.72. The molecular weight excluding hydrogens is 368 g/mol. The van der Waals surface area contributed by atoms with Crippen molar-refractivity contribution in [3.63, 3.8) is 0 Å². The third kappa shape index (κ3) is 3.08. The molecule has 0 saturated heterocycles. The number of benzene rings is 2. The zero-order valence-electron chi connectivity index (χ0n) is 13.1. The van der Waals surface area contributed by atoms with E-state index in [9.17, 15) is 0 Å². The number of hydrogen-bond acceptors (Lipinski definition) is 3. The number of rotatable bonds is 2. The first-order chi connectivity index (χ1) is 11.2. The summed E-state index contributed by atoms with van der Waals surface area (Å²) in [4.78, 5) is 7.06. The monoisotopic (exact) mass is 386 g/mol. The Kier molecular flexibility index (Phi) is 4.22. The van der Waals surface area contributed by atoms with E-state index in [2.05, 4.69) is 69.1 Å². The number of nitrogens with zero attached hydrogens (tertiary/aromatic N) is 2. The van der Waals surface area contributed by atoms with E-state index in [4.69, 9.17) is 0 Å². The largest absolute Gasteiger partial charge is 0.292 e. The van der Waals surface area contributed by atoms with Crippen molar-refractivity contribution in [3.05, 3.63) is 63.1 Å². The van der Waals surface area contributed by atoms with Crippen molar-refractivity contribution in [2.75, 3.05) is 6.54 Å². The van der Waals surface area contributed by atoms with Gasteiger partial charge in [0.2, 0.25) is 0 Å². The molecule has 0 unspecified atom stereocenters. The Bertz CT molecular complexity index is 842. The highest BCUT2D eigenvalue weighted by Crippen LogP contribution is 2.30. The van der Waals surface area contributed by atoms with Crippen LogP contribution >= 0.6 is 27.3 Å². The van der Waals surface area contributed by atoms with Crippen LogP contribution in [0.25, 0.3) is 10.2 Å². The molecule has 1 atom stereocenters.